The highest BCUT2D eigenvalue weighted by Gasteiger charge is 2.21. The minimum atomic E-state index is 0.00140. The largest absolute Gasteiger partial charge is 0.361 e. The Kier molecular flexibility index (Phi) is 3.54. The molecule has 0 N–H and O–H groups in total. The molecule has 0 saturated carbocycles. The summed E-state index contributed by atoms with van der Waals surface area (Å²) in [6.07, 6.45) is 1.98. The summed E-state index contributed by atoms with van der Waals surface area (Å²) in [5, 5.41) is 0. The van der Waals surface area contributed by atoms with Crippen LogP contribution in [-0.2, 0) is 9.47 Å². The zero-order valence-electron chi connectivity index (χ0n) is 9.80. The van der Waals surface area contributed by atoms with Gasteiger partial charge in [0.25, 0.3) is 0 Å². The van der Waals surface area contributed by atoms with Crippen molar-refractivity contribution in [2.24, 2.45) is 0 Å². The van der Waals surface area contributed by atoms with Gasteiger partial charge in [0.2, 0.25) is 0 Å². The molecule has 1 aromatic rings. The number of fused-ring (bicyclic) bond motifs is 1. The third-order valence-electron chi connectivity index (χ3n) is 3.11. The smallest absolute Gasteiger partial charge is 0.159 e. The van der Waals surface area contributed by atoms with Crippen LogP contribution in [0.4, 0.5) is 5.69 Å². The van der Waals surface area contributed by atoms with Gasteiger partial charge in [0.15, 0.2) is 6.29 Å². The zero-order chi connectivity index (χ0) is 11.5. The van der Waals surface area contributed by atoms with Crippen molar-refractivity contribution in [2.45, 2.75) is 24.0 Å². The number of ether oxygens (including phenoxy) is 2. The molecule has 4 heteroatoms. The predicted molar refractivity (Wildman–Crippen MR) is 69.4 cm³/mol. The first kappa shape index (κ1) is 11.4. The Hall–Kier alpha value is -0.710. The number of thioether (sulfide) groups is 1. The van der Waals surface area contributed by atoms with E-state index < -0.39 is 0 Å². The van der Waals surface area contributed by atoms with E-state index in [1.807, 2.05) is 11.8 Å². The van der Waals surface area contributed by atoms with E-state index in [4.69, 9.17) is 9.47 Å². The van der Waals surface area contributed by atoms with Crippen molar-refractivity contribution >= 4 is 17.4 Å². The van der Waals surface area contributed by atoms with Gasteiger partial charge in [-0.15, -0.1) is 11.8 Å². The molecule has 3 nitrogen and oxygen atoms in total. The maximum Gasteiger partial charge on any atom is 0.159 e. The first-order chi connectivity index (χ1) is 8.43. The second-order valence-electron chi connectivity index (χ2n) is 4.32. The summed E-state index contributed by atoms with van der Waals surface area (Å²) >= 11 is 1.91. The van der Waals surface area contributed by atoms with Crippen LogP contribution < -0.4 is 4.90 Å². The van der Waals surface area contributed by atoms with Crippen LogP contribution in [0.25, 0.3) is 0 Å². The molecule has 1 fully saturated rings. The van der Waals surface area contributed by atoms with Gasteiger partial charge in [-0.25, -0.2) is 0 Å². The summed E-state index contributed by atoms with van der Waals surface area (Å²) in [6, 6.07) is 8.58. The summed E-state index contributed by atoms with van der Waals surface area (Å²) in [4.78, 5) is 3.79. The van der Waals surface area contributed by atoms with Crippen molar-refractivity contribution in [1.29, 1.82) is 0 Å². The molecule has 2 heterocycles. The Bertz CT molecular complexity index is 379. The fraction of sp³-hybridized carbons (Fsp3) is 0.538. The number of rotatable bonds is 3. The number of hydrogen-bond donors (Lipinski definition) is 0. The lowest BCUT2D eigenvalue weighted by Crippen LogP contribution is -2.30. The van der Waals surface area contributed by atoms with Gasteiger partial charge in [0.05, 0.1) is 24.8 Å². The maximum absolute atomic E-state index is 5.57. The second kappa shape index (κ2) is 5.29. The van der Waals surface area contributed by atoms with Gasteiger partial charge in [-0.1, -0.05) is 12.1 Å². The molecule has 0 aliphatic carbocycles. The quantitative estimate of drug-likeness (QED) is 0.823. The van der Waals surface area contributed by atoms with Gasteiger partial charge >= 0.3 is 0 Å². The lowest BCUT2D eigenvalue weighted by atomic mass is 10.2. The van der Waals surface area contributed by atoms with Crippen LogP contribution in [0, 0.1) is 0 Å². The topological polar surface area (TPSA) is 21.7 Å². The standard InChI is InChI=1S/C13H17NO2S/c1-2-5-12-11(4-1)14(10-17-12)7-6-13-15-8-3-9-16-13/h1-2,4-5,13H,3,6-10H2. The van der Waals surface area contributed by atoms with Crippen molar-refractivity contribution in [3.05, 3.63) is 24.3 Å². The first-order valence-corrected chi connectivity index (χ1v) is 7.12. The number of hydrogen-bond acceptors (Lipinski definition) is 4. The Morgan fingerprint density at radius 3 is 2.94 bits per heavy atom. The van der Waals surface area contributed by atoms with Crippen molar-refractivity contribution in [3.63, 3.8) is 0 Å². The molecule has 17 heavy (non-hydrogen) atoms. The van der Waals surface area contributed by atoms with Crippen LogP contribution in [-0.4, -0.2) is 31.9 Å². The Balaban J connectivity index is 1.56. The molecule has 2 aliphatic heterocycles. The summed E-state index contributed by atoms with van der Waals surface area (Å²) in [5.74, 6) is 1.05. The second-order valence-corrected chi connectivity index (χ2v) is 5.30. The van der Waals surface area contributed by atoms with Crippen LogP contribution in [0.5, 0.6) is 0 Å². The lowest BCUT2D eigenvalue weighted by Gasteiger charge is -2.26. The molecule has 0 amide bonds. The minimum absolute atomic E-state index is 0.00140. The van der Waals surface area contributed by atoms with Crippen LogP contribution in [0.2, 0.25) is 0 Å². The van der Waals surface area contributed by atoms with E-state index in [2.05, 4.69) is 29.2 Å². The molecule has 0 spiro atoms. The molecule has 0 unspecified atom stereocenters. The van der Waals surface area contributed by atoms with Gasteiger partial charge in [-0.2, -0.15) is 0 Å². The fourth-order valence-corrected chi connectivity index (χ4v) is 3.29. The zero-order valence-corrected chi connectivity index (χ0v) is 10.6. The highest BCUT2D eigenvalue weighted by Crippen LogP contribution is 2.38. The summed E-state index contributed by atoms with van der Waals surface area (Å²) < 4.78 is 11.1. The highest BCUT2D eigenvalue weighted by atomic mass is 32.2. The van der Waals surface area contributed by atoms with E-state index in [1.54, 1.807) is 0 Å². The summed E-state index contributed by atoms with van der Waals surface area (Å²) in [5.41, 5.74) is 1.35. The molecule has 0 radical (unpaired) electrons. The van der Waals surface area contributed by atoms with Crippen molar-refractivity contribution in [3.8, 4) is 0 Å². The number of benzene rings is 1. The monoisotopic (exact) mass is 251 g/mol. The molecule has 3 rings (SSSR count). The number of nitrogens with zero attached hydrogens (tertiary/aromatic N) is 1. The van der Waals surface area contributed by atoms with Crippen LogP contribution in [0.3, 0.4) is 0 Å². The molecule has 0 atom stereocenters. The van der Waals surface area contributed by atoms with Gasteiger partial charge in [0.1, 0.15) is 0 Å². The van der Waals surface area contributed by atoms with E-state index in [-0.39, 0.29) is 6.29 Å². The van der Waals surface area contributed by atoms with E-state index in [0.29, 0.717) is 0 Å². The maximum atomic E-state index is 5.57. The fourth-order valence-electron chi connectivity index (χ4n) is 2.21. The van der Waals surface area contributed by atoms with E-state index >= 15 is 0 Å². The molecule has 1 saturated heterocycles. The number of para-hydroxylation sites is 1. The van der Waals surface area contributed by atoms with E-state index in [0.717, 1.165) is 38.5 Å². The van der Waals surface area contributed by atoms with Crippen LogP contribution >= 0.6 is 11.8 Å². The van der Waals surface area contributed by atoms with Crippen molar-refractivity contribution < 1.29 is 9.47 Å². The lowest BCUT2D eigenvalue weighted by molar-refractivity contribution is -0.179. The van der Waals surface area contributed by atoms with Crippen LogP contribution in [0.15, 0.2) is 29.2 Å². The molecular weight excluding hydrogens is 234 g/mol. The third kappa shape index (κ3) is 2.59. The summed E-state index contributed by atoms with van der Waals surface area (Å²) in [6.45, 7) is 2.70. The Morgan fingerprint density at radius 2 is 2.06 bits per heavy atom. The van der Waals surface area contributed by atoms with Crippen molar-refractivity contribution in [2.75, 3.05) is 30.5 Å². The SMILES string of the molecule is c1ccc2c(c1)SCN2CCC1OCCCO1. The van der Waals surface area contributed by atoms with Gasteiger partial charge in [0, 0.05) is 17.9 Å². The van der Waals surface area contributed by atoms with Gasteiger partial charge in [-0.05, 0) is 18.6 Å². The van der Waals surface area contributed by atoms with Crippen LogP contribution in [0.1, 0.15) is 12.8 Å². The third-order valence-corrected chi connectivity index (χ3v) is 4.21. The highest BCUT2D eigenvalue weighted by molar-refractivity contribution is 7.99. The van der Waals surface area contributed by atoms with E-state index in [9.17, 15) is 0 Å². The molecular formula is C13H17NO2S. The molecule has 92 valence electrons. The van der Waals surface area contributed by atoms with Crippen molar-refractivity contribution in [1.82, 2.24) is 0 Å². The number of anilines is 1. The average Bonchev–Trinajstić information content (AvgIpc) is 2.81. The van der Waals surface area contributed by atoms with Gasteiger partial charge < -0.3 is 14.4 Å². The molecule has 0 bridgehead atoms. The first-order valence-electron chi connectivity index (χ1n) is 6.13. The Morgan fingerprint density at radius 1 is 1.24 bits per heavy atom. The minimum Gasteiger partial charge on any atom is -0.361 e. The van der Waals surface area contributed by atoms with E-state index in [1.165, 1.54) is 10.6 Å². The normalized spacial score (nSPS) is 20.6. The predicted octanol–water partition coefficient (Wildman–Crippen LogP) is 2.71. The molecule has 1 aromatic carbocycles. The molecule has 2 aliphatic rings. The summed E-state index contributed by atoms with van der Waals surface area (Å²) in [7, 11) is 0. The molecule has 0 aromatic heterocycles. The average molecular weight is 251 g/mol. The Labute approximate surface area is 106 Å². The van der Waals surface area contributed by atoms with Gasteiger partial charge in [-0.3, -0.25) is 0 Å².